The molecule has 1 N–H and O–H groups in total. The van der Waals surface area contributed by atoms with Gasteiger partial charge >= 0.3 is 5.97 Å². The van der Waals surface area contributed by atoms with Crippen LogP contribution in [0.2, 0.25) is 0 Å². The Bertz CT molecular complexity index is 793. The van der Waals surface area contributed by atoms with Gasteiger partial charge in [0.1, 0.15) is 0 Å². The molecule has 0 spiro atoms. The molecule has 0 atom stereocenters. The van der Waals surface area contributed by atoms with Gasteiger partial charge in [0.2, 0.25) is 5.91 Å². The van der Waals surface area contributed by atoms with Crippen molar-refractivity contribution in [1.29, 1.82) is 0 Å². The summed E-state index contributed by atoms with van der Waals surface area (Å²) in [5.74, 6) is 0.121. The Morgan fingerprint density at radius 3 is 2.42 bits per heavy atom. The molecule has 1 amide bonds. The van der Waals surface area contributed by atoms with E-state index in [1.807, 2.05) is 33.8 Å². The molecule has 0 bridgehead atoms. The van der Waals surface area contributed by atoms with Crippen LogP contribution in [-0.2, 0) is 20.7 Å². The zero-order valence-corrected chi connectivity index (χ0v) is 15.9. The fraction of sp³-hybridized carbons (Fsp3) is 0.500. The highest BCUT2D eigenvalue weighted by atomic mass is 16.5. The Morgan fingerprint density at radius 2 is 1.81 bits per heavy atom. The monoisotopic (exact) mass is 359 g/mol. The van der Waals surface area contributed by atoms with Gasteiger partial charge in [0.15, 0.2) is 0 Å². The number of hydrogen-bond donors (Lipinski definition) is 1. The topological polar surface area (TPSA) is 99.0 Å². The van der Waals surface area contributed by atoms with Crippen molar-refractivity contribution < 1.29 is 14.3 Å². The van der Waals surface area contributed by atoms with E-state index >= 15 is 0 Å². The molecule has 26 heavy (non-hydrogen) atoms. The summed E-state index contributed by atoms with van der Waals surface area (Å²) in [5.41, 5.74) is 4.21. The highest BCUT2D eigenvalue weighted by Gasteiger charge is 2.17. The molecule has 2 rings (SSSR count). The van der Waals surface area contributed by atoms with Gasteiger partial charge in [0.05, 0.1) is 19.2 Å². The number of methoxy groups -OCH3 is 1. The Kier molecular flexibility index (Phi) is 6.43. The molecule has 0 aromatic carbocycles. The fourth-order valence-corrected chi connectivity index (χ4v) is 2.71. The number of rotatable bonds is 7. The molecule has 8 heteroatoms. The van der Waals surface area contributed by atoms with Crippen LogP contribution in [0.1, 0.15) is 41.2 Å². The SMILES string of the molecule is COC(=O)CCCNC(=O)Cc1c(C)nn(-c2nc(C)cc(C)n2)c1C. The number of carbonyl (C=O) groups is 2. The number of ether oxygens (including phenoxy) is 1. The lowest BCUT2D eigenvalue weighted by Gasteiger charge is -2.07. The third-order valence-corrected chi connectivity index (χ3v) is 4.05. The number of aromatic nitrogens is 4. The van der Waals surface area contributed by atoms with Crippen LogP contribution in [0.15, 0.2) is 6.07 Å². The first kappa shape index (κ1) is 19.6. The molecular weight excluding hydrogens is 334 g/mol. The lowest BCUT2D eigenvalue weighted by Crippen LogP contribution is -2.27. The quantitative estimate of drug-likeness (QED) is 0.594. The van der Waals surface area contributed by atoms with E-state index in [9.17, 15) is 9.59 Å². The average Bonchev–Trinajstić information content (AvgIpc) is 2.85. The molecule has 0 saturated carbocycles. The minimum absolute atomic E-state index is 0.109. The average molecular weight is 359 g/mol. The van der Waals surface area contributed by atoms with E-state index in [0.29, 0.717) is 18.9 Å². The molecule has 0 aliphatic rings. The van der Waals surface area contributed by atoms with Gasteiger partial charge in [-0.1, -0.05) is 0 Å². The van der Waals surface area contributed by atoms with Crippen molar-refractivity contribution in [2.45, 2.75) is 47.0 Å². The lowest BCUT2D eigenvalue weighted by molar-refractivity contribution is -0.140. The Hall–Kier alpha value is -2.77. The summed E-state index contributed by atoms with van der Waals surface area (Å²) in [6.07, 6.45) is 1.06. The molecule has 2 aromatic heterocycles. The first-order valence-corrected chi connectivity index (χ1v) is 8.53. The maximum atomic E-state index is 12.2. The van der Waals surface area contributed by atoms with Gasteiger partial charge in [0.25, 0.3) is 5.95 Å². The predicted octanol–water partition coefficient (Wildman–Crippen LogP) is 1.51. The number of hydrogen-bond acceptors (Lipinski definition) is 6. The number of esters is 1. The summed E-state index contributed by atoms with van der Waals surface area (Å²) < 4.78 is 6.25. The van der Waals surface area contributed by atoms with Crippen molar-refractivity contribution in [1.82, 2.24) is 25.1 Å². The van der Waals surface area contributed by atoms with E-state index in [0.717, 1.165) is 28.3 Å². The van der Waals surface area contributed by atoms with E-state index in [4.69, 9.17) is 0 Å². The van der Waals surface area contributed by atoms with Crippen LogP contribution >= 0.6 is 0 Å². The summed E-state index contributed by atoms with van der Waals surface area (Å²) in [6.45, 7) is 8.02. The molecule has 0 aliphatic carbocycles. The summed E-state index contributed by atoms with van der Waals surface area (Å²) in [7, 11) is 1.35. The largest absolute Gasteiger partial charge is 0.469 e. The Labute approximate surface area is 153 Å². The fourth-order valence-electron chi connectivity index (χ4n) is 2.71. The minimum Gasteiger partial charge on any atom is -0.469 e. The van der Waals surface area contributed by atoms with Crippen molar-refractivity contribution in [3.63, 3.8) is 0 Å². The van der Waals surface area contributed by atoms with Gasteiger partial charge in [-0.15, -0.1) is 0 Å². The zero-order valence-electron chi connectivity index (χ0n) is 15.9. The van der Waals surface area contributed by atoms with Gasteiger partial charge in [0, 0.05) is 35.6 Å². The number of amides is 1. The molecule has 2 heterocycles. The summed E-state index contributed by atoms with van der Waals surface area (Å²) in [5, 5.41) is 7.31. The van der Waals surface area contributed by atoms with Gasteiger partial charge < -0.3 is 10.1 Å². The van der Waals surface area contributed by atoms with Gasteiger partial charge in [-0.3, -0.25) is 9.59 Å². The maximum absolute atomic E-state index is 12.2. The van der Waals surface area contributed by atoms with Crippen LogP contribution in [0.4, 0.5) is 0 Å². The van der Waals surface area contributed by atoms with Crippen molar-refractivity contribution >= 4 is 11.9 Å². The van der Waals surface area contributed by atoms with Crippen LogP contribution < -0.4 is 5.32 Å². The lowest BCUT2D eigenvalue weighted by atomic mass is 10.1. The van der Waals surface area contributed by atoms with E-state index in [-0.39, 0.29) is 24.7 Å². The van der Waals surface area contributed by atoms with Crippen molar-refractivity contribution in [2.75, 3.05) is 13.7 Å². The van der Waals surface area contributed by atoms with Crippen LogP contribution in [-0.4, -0.2) is 45.3 Å². The van der Waals surface area contributed by atoms with Crippen molar-refractivity contribution in [3.05, 3.63) is 34.4 Å². The van der Waals surface area contributed by atoms with Crippen LogP contribution in [0.5, 0.6) is 0 Å². The van der Waals surface area contributed by atoms with Crippen LogP contribution in [0.3, 0.4) is 0 Å². The molecule has 0 saturated heterocycles. The van der Waals surface area contributed by atoms with Crippen molar-refractivity contribution in [3.8, 4) is 5.95 Å². The summed E-state index contributed by atoms with van der Waals surface area (Å²) >= 11 is 0. The van der Waals surface area contributed by atoms with E-state index in [2.05, 4.69) is 25.1 Å². The highest BCUT2D eigenvalue weighted by molar-refractivity contribution is 5.79. The Morgan fingerprint density at radius 1 is 1.15 bits per heavy atom. The Balaban J connectivity index is 2.05. The summed E-state index contributed by atoms with van der Waals surface area (Å²) in [4.78, 5) is 32.1. The molecule has 140 valence electrons. The number of aryl methyl sites for hydroxylation is 3. The maximum Gasteiger partial charge on any atom is 0.305 e. The highest BCUT2D eigenvalue weighted by Crippen LogP contribution is 2.17. The van der Waals surface area contributed by atoms with Crippen LogP contribution in [0, 0.1) is 27.7 Å². The number of carbonyl (C=O) groups excluding carboxylic acids is 2. The predicted molar refractivity (Wildman–Crippen MR) is 96.1 cm³/mol. The second-order valence-electron chi connectivity index (χ2n) is 6.22. The van der Waals surface area contributed by atoms with Gasteiger partial charge in [-0.05, 0) is 40.2 Å². The normalized spacial score (nSPS) is 10.7. The molecule has 8 nitrogen and oxygen atoms in total. The minimum atomic E-state index is -0.277. The third-order valence-electron chi connectivity index (χ3n) is 4.05. The molecule has 0 unspecified atom stereocenters. The smallest absolute Gasteiger partial charge is 0.305 e. The van der Waals surface area contributed by atoms with Crippen LogP contribution in [0.25, 0.3) is 5.95 Å². The molecule has 0 aliphatic heterocycles. The second kappa shape index (κ2) is 8.55. The second-order valence-corrected chi connectivity index (χ2v) is 6.22. The molecule has 0 fully saturated rings. The van der Waals surface area contributed by atoms with E-state index in [1.54, 1.807) is 4.68 Å². The molecule has 2 aromatic rings. The first-order valence-electron chi connectivity index (χ1n) is 8.53. The van der Waals surface area contributed by atoms with E-state index in [1.165, 1.54) is 7.11 Å². The summed E-state index contributed by atoms with van der Waals surface area (Å²) in [6, 6.07) is 1.90. The molecule has 0 radical (unpaired) electrons. The zero-order chi connectivity index (χ0) is 19.3. The van der Waals surface area contributed by atoms with Gasteiger partial charge in [-0.25, -0.2) is 14.6 Å². The first-order chi connectivity index (χ1) is 12.3. The number of nitrogens with zero attached hydrogens (tertiary/aromatic N) is 4. The standard InChI is InChI=1S/C18H25N5O3/c1-11-9-12(2)21-18(20-11)23-14(4)15(13(3)22-23)10-16(24)19-8-6-7-17(25)26-5/h9H,6-8,10H2,1-5H3,(H,19,24). The van der Waals surface area contributed by atoms with Crippen molar-refractivity contribution in [2.24, 2.45) is 0 Å². The number of nitrogens with one attached hydrogen (secondary N) is 1. The molecular formula is C18H25N5O3. The van der Waals surface area contributed by atoms with E-state index < -0.39 is 0 Å². The third kappa shape index (κ3) is 4.87. The van der Waals surface area contributed by atoms with Gasteiger partial charge in [-0.2, -0.15) is 5.10 Å².